The van der Waals surface area contributed by atoms with Crippen molar-refractivity contribution in [3.05, 3.63) is 0 Å². The first-order valence-electron chi connectivity index (χ1n) is 8.96. The molecule has 1 amide bonds. The summed E-state index contributed by atoms with van der Waals surface area (Å²) in [5, 5.41) is 10.7. The summed E-state index contributed by atoms with van der Waals surface area (Å²) in [6, 6.07) is 0. The number of likely N-dealkylation sites (tertiary alicyclic amines) is 2. The monoisotopic (exact) mass is 330 g/mol. The van der Waals surface area contributed by atoms with E-state index in [9.17, 15) is 18.7 Å². The van der Waals surface area contributed by atoms with Crippen LogP contribution in [-0.4, -0.2) is 65.1 Å². The van der Waals surface area contributed by atoms with Gasteiger partial charge in [0.15, 0.2) is 0 Å². The minimum atomic E-state index is -2.56. The topological polar surface area (TPSA) is 43.8 Å². The molecule has 23 heavy (non-hydrogen) atoms. The van der Waals surface area contributed by atoms with Crippen LogP contribution in [0.1, 0.15) is 51.4 Å². The minimum absolute atomic E-state index is 0.132. The van der Waals surface area contributed by atoms with Crippen LogP contribution in [0.3, 0.4) is 0 Å². The molecule has 0 spiro atoms. The fourth-order valence-corrected chi connectivity index (χ4v) is 4.24. The summed E-state index contributed by atoms with van der Waals surface area (Å²) in [4.78, 5) is 16.1. The number of hydrogen-bond acceptors (Lipinski definition) is 3. The van der Waals surface area contributed by atoms with Gasteiger partial charge in [-0.3, -0.25) is 9.69 Å². The molecule has 3 fully saturated rings. The maximum Gasteiger partial charge on any atom is 0.250 e. The predicted octanol–water partition coefficient (Wildman–Crippen LogP) is 2.26. The number of β-amino-alcohol motifs (C(OH)–C–C–N with tert-alkyl or cyclic N) is 1. The third kappa shape index (κ3) is 4.41. The summed E-state index contributed by atoms with van der Waals surface area (Å²) in [6.07, 6.45) is 5.63. The molecule has 0 bridgehead atoms. The van der Waals surface area contributed by atoms with E-state index in [2.05, 4.69) is 0 Å². The summed E-state index contributed by atoms with van der Waals surface area (Å²) in [7, 11) is 0. The second-order valence-corrected chi connectivity index (χ2v) is 7.78. The maximum absolute atomic E-state index is 13.2. The Bertz CT molecular complexity index is 430. The van der Waals surface area contributed by atoms with Crippen molar-refractivity contribution < 1.29 is 18.7 Å². The van der Waals surface area contributed by atoms with Gasteiger partial charge in [0.1, 0.15) is 0 Å². The lowest BCUT2D eigenvalue weighted by Crippen LogP contribution is -2.49. The zero-order valence-corrected chi connectivity index (χ0v) is 13.8. The molecule has 1 saturated carbocycles. The van der Waals surface area contributed by atoms with Gasteiger partial charge in [-0.05, 0) is 25.2 Å². The number of piperidine rings is 1. The van der Waals surface area contributed by atoms with Crippen LogP contribution in [0.2, 0.25) is 0 Å². The number of nitrogens with zero attached hydrogens (tertiary/aromatic N) is 2. The van der Waals surface area contributed by atoms with E-state index >= 15 is 0 Å². The molecule has 1 atom stereocenters. The average molecular weight is 330 g/mol. The van der Waals surface area contributed by atoms with Crippen molar-refractivity contribution in [2.75, 3.05) is 32.7 Å². The van der Waals surface area contributed by atoms with Gasteiger partial charge < -0.3 is 10.0 Å². The molecule has 2 aliphatic heterocycles. The molecule has 6 heteroatoms. The Morgan fingerprint density at radius 3 is 2.39 bits per heavy atom. The zero-order chi connectivity index (χ0) is 16.5. The Kier molecular flexibility index (Phi) is 4.93. The fraction of sp³-hybridized carbons (Fsp3) is 0.941. The van der Waals surface area contributed by atoms with Gasteiger partial charge in [0, 0.05) is 45.4 Å². The number of halogens is 2. The van der Waals surface area contributed by atoms with Crippen LogP contribution in [0.4, 0.5) is 8.78 Å². The van der Waals surface area contributed by atoms with Crippen molar-refractivity contribution in [2.45, 2.75) is 62.9 Å². The molecule has 0 aromatic heterocycles. The van der Waals surface area contributed by atoms with Crippen LogP contribution in [0.5, 0.6) is 0 Å². The molecule has 1 unspecified atom stereocenters. The van der Waals surface area contributed by atoms with Crippen molar-refractivity contribution in [3.8, 4) is 0 Å². The van der Waals surface area contributed by atoms with Crippen molar-refractivity contribution in [2.24, 2.45) is 5.92 Å². The van der Waals surface area contributed by atoms with E-state index in [-0.39, 0.29) is 18.7 Å². The fourth-order valence-electron chi connectivity index (χ4n) is 4.24. The normalized spacial score (nSPS) is 32.6. The van der Waals surface area contributed by atoms with Gasteiger partial charge in [0.25, 0.3) is 5.92 Å². The Morgan fingerprint density at radius 2 is 1.74 bits per heavy atom. The van der Waals surface area contributed by atoms with E-state index in [0.29, 0.717) is 51.5 Å². The lowest BCUT2D eigenvalue weighted by Gasteiger charge is -2.36. The van der Waals surface area contributed by atoms with E-state index < -0.39 is 11.5 Å². The maximum atomic E-state index is 13.2. The van der Waals surface area contributed by atoms with Gasteiger partial charge >= 0.3 is 0 Å². The Morgan fingerprint density at radius 1 is 1.09 bits per heavy atom. The molecule has 132 valence electrons. The third-order valence-electron chi connectivity index (χ3n) is 5.73. The zero-order valence-electron chi connectivity index (χ0n) is 13.8. The molecule has 1 aliphatic carbocycles. The van der Waals surface area contributed by atoms with E-state index in [1.54, 1.807) is 4.90 Å². The minimum Gasteiger partial charge on any atom is -0.387 e. The predicted molar refractivity (Wildman–Crippen MR) is 83.3 cm³/mol. The first-order valence-corrected chi connectivity index (χ1v) is 8.96. The third-order valence-corrected chi connectivity index (χ3v) is 5.73. The van der Waals surface area contributed by atoms with Gasteiger partial charge in [-0.15, -0.1) is 0 Å². The number of alkyl halides is 2. The van der Waals surface area contributed by atoms with Crippen LogP contribution in [0.25, 0.3) is 0 Å². The highest BCUT2D eigenvalue weighted by Gasteiger charge is 2.42. The van der Waals surface area contributed by atoms with Crippen LogP contribution < -0.4 is 0 Å². The van der Waals surface area contributed by atoms with Crippen LogP contribution in [-0.2, 0) is 4.79 Å². The highest BCUT2D eigenvalue weighted by molar-refractivity contribution is 5.77. The Balaban J connectivity index is 1.46. The summed E-state index contributed by atoms with van der Waals surface area (Å²) < 4.78 is 26.4. The van der Waals surface area contributed by atoms with E-state index in [1.807, 2.05) is 4.90 Å². The lowest BCUT2D eigenvalue weighted by molar-refractivity contribution is -0.132. The molecule has 0 radical (unpaired) electrons. The number of rotatable bonds is 4. The van der Waals surface area contributed by atoms with Crippen molar-refractivity contribution in [1.82, 2.24) is 9.80 Å². The Hall–Kier alpha value is -0.750. The van der Waals surface area contributed by atoms with Crippen LogP contribution in [0, 0.1) is 5.92 Å². The SMILES string of the molecule is O=C(CC1CCCC1)N1CCC(O)(CN2CCC(F)(F)CC2)C1. The van der Waals surface area contributed by atoms with Gasteiger partial charge in [0.2, 0.25) is 5.91 Å². The molecule has 1 N–H and O–H groups in total. The summed E-state index contributed by atoms with van der Waals surface area (Å²) in [6.45, 7) is 1.99. The molecule has 0 aromatic carbocycles. The van der Waals surface area contributed by atoms with Crippen molar-refractivity contribution >= 4 is 5.91 Å². The van der Waals surface area contributed by atoms with Crippen LogP contribution in [0.15, 0.2) is 0 Å². The second-order valence-electron chi connectivity index (χ2n) is 7.78. The first kappa shape index (κ1) is 17.1. The molecule has 0 aromatic rings. The summed E-state index contributed by atoms with van der Waals surface area (Å²) in [5.41, 5.74) is -0.933. The molecule has 3 aliphatic rings. The van der Waals surface area contributed by atoms with E-state index in [4.69, 9.17) is 0 Å². The molecule has 4 nitrogen and oxygen atoms in total. The standard InChI is InChI=1S/C17H28F2N2O2/c18-17(19)6-8-20(9-7-17)12-16(23)5-10-21(13-16)15(22)11-14-3-1-2-4-14/h14,23H,1-13H2. The number of amides is 1. The summed E-state index contributed by atoms with van der Waals surface area (Å²) >= 11 is 0. The van der Waals surface area contributed by atoms with Crippen molar-refractivity contribution in [1.29, 1.82) is 0 Å². The smallest absolute Gasteiger partial charge is 0.250 e. The average Bonchev–Trinajstić information content (AvgIpc) is 3.11. The van der Waals surface area contributed by atoms with E-state index in [0.717, 1.165) is 12.8 Å². The largest absolute Gasteiger partial charge is 0.387 e. The van der Waals surface area contributed by atoms with Gasteiger partial charge in [-0.25, -0.2) is 8.78 Å². The molecule has 3 rings (SSSR count). The number of aliphatic hydroxyl groups is 1. The summed E-state index contributed by atoms with van der Waals surface area (Å²) in [5.74, 6) is -1.89. The van der Waals surface area contributed by atoms with Gasteiger partial charge in [-0.1, -0.05) is 12.8 Å². The van der Waals surface area contributed by atoms with Crippen LogP contribution >= 0.6 is 0 Å². The highest BCUT2D eigenvalue weighted by atomic mass is 19.3. The molecular formula is C17H28F2N2O2. The molecule has 2 heterocycles. The Labute approximate surface area is 136 Å². The molecule has 2 saturated heterocycles. The lowest BCUT2D eigenvalue weighted by atomic mass is 9.99. The van der Waals surface area contributed by atoms with E-state index in [1.165, 1.54) is 12.8 Å². The highest BCUT2D eigenvalue weighted by Crippen LogP contribution is 2.32. The van der Waals surface area contributed by atoms with Crippen molar-refractivity contribution in [3.63, 3.8) is 0 Å². The van der Waals surface area contributed by atoms with Gasteiger partial charge in [0.05, 0.1) is 12.1 Å². The first-order chi connectivity index (χ1) is 10.9. The number of hydrogen-bond donors (Lipinski definition) is 1. The molecular weight excluding hydrogens is 302 g/mol. The number of carbonyl (C=O) groups is 1. The van der Waals surface area contributed by atoms with Gasteiger partial charge in [-0.2, -0.15) is 0 Å². The quantitative estimate of drug-likeness (QED) is 0.860. The number of carbonyl (C=O) groups excluding carboxylic acids is 1. The second kappa shape index (κ2) is 6.63.